The average molecular weight is 287 g/mol. The van der Waals surface area contributed by atoms with E-state index in [2.05, 4.69) is 17.1 Å². The van der Waals surface area contributed by atoms with Crippen molar-refractivity contribution in [2.24, 2.45) is 0 Å². The van der Waals surface area contributed by atoms with Crippen LogP contribution in [0.25, 0.3) is 0 Å². The molecule has 1 rings (SSSR count). The summed E-state index contributed by atoms with van der Waals surface area (Å²) >= 11 is 11.5. The first-order chi connectivity index (χ1) is 8.69. The van der Waals surface area contributed by atoms with Gasteiger partial charge in [-0.05, 0) is 30.8 Å². The number of nitrogens with zero attached hydrogens (tertiary/aromatic N) is 1. The molecule has 3 nitrogen and oxygen atoms in total. The number of benzene rings is 1. The normalized spacial score (nSPS) is 10.2. The maximum atomic E-state index is 6.09. The highest BCUT2D eigenvalue weighted by molar-refractivity contribution is 7.80. The quantitative estimate of drug-likeness (QED) is 0.810. The van der Waals surface area contributed by atoms with E-state index in [9.17, 15) is 0 Å². The molecular formula is C13H19ClN2OS. The molecule has 1 N–H and O–H groups in total. The highest BCUT2D eigenvalue weighted by atomic mass is 35.5. The van der Waals surface area contributed by atoms with Crippen molar-refractivity contribution in [3.05, 3.63) is 29.3 Å². The van der Waals surface area contributed by atoms with E-state index in [1.54, 1.807) is 7.11 Å². The van der Waals surface area contributed by atoms with Gasteiger partial charge < -0.3 is 15.0 Å². The van der Waals surface area contributed by atoms with Crippen molar-refractivity contribution < 1.29 is 4.74 Å². The van der Waals surface area contributed by atoms with Gasteiger partial charge in [-0.3, -0.25) is 0 Å². The second-order valence-electron chi connectivity index (χ2n) is 3.89. The SMILES string of the molecule is CCCN(CCOC)C(=S)Nc1ccccc1Cl. The van der Waals surface area contributed by atoms with Gasteiger partial charge >= 0.3 is 0 Å². The molecule has 18 heavy (non-hydrogen) atoms. The maximum Gasteiger partial charge on any atom is 0.173 e. The standard InChI is InChI=1S/C13H19ClN2OS/c1-3-8-16(9-10-17-2)13(18)15-12-7-5-4-6-11(12)14/h4-7H,3,8-10H2,1-2H3,(H,15,18). The number of ether oxygens (including phenoxy) is 1. The van der Waals surface area contributed by atoms with Crippen LogP contribution in [0.5, 0.6) is 0 Å². The minimum atomic E-state index is 0.657. The van der Waals surface area contributed by atoms with Crippen LogP contribution in [0.3, 0.4) is 0 Å². The summed E-state index contributed by atoms with van der Waals surface area (Å²) in [4.78, 5) is 2.09. The molecule has 0 amide bonds. The second-order valence-corrected chi connectivity index (χ2v) is 4.68. The van der Waals surface area contributed by atoms with Gasteiger partial charge in [-0.2, -0.15) is 0 Å². The van der Waals surface area contributed by atoms with Gasteiger partial charge in [0.15, 0.2) is 5.11 Å². The summed E-state index contributed by atoms with van der Waals surface area (Å²) < 4.78 is 5.09. The Kier molecular flexibility index (Phi) is 7.01. The molecule has 1 aromatic carbocycles. The summed E-state index contributed by atoms with van der Waals surface area (Å²) in [6.07, 6.45) is 1.04. The predicted octanol–water partition coefficient (Wildman–Crippen LogP) is 3.40. The number of nitrogens with one attached hydrogen (secondary N) is 1. The summed E-state index contributed by atoms with van der Waals surface area (Å²) in [5.74, 6) is 0. The molecule has 0 saturated carbocycles. The topological polar surface area (TPSA) is 24.5 Å². The number of hydrogen-bond acceptors (Lipinski definition) is 2. The molecule has 0 aromatic heterocycles. The Balaban J connectivity index is 2.63. The summed E-state index contributed by atoms with van der Waals surface area (Å²) in [7, 11) is 1.69. The molecule has 0 heterocycles. The van der Waals surface area contributed by atoms with E-state index in [4.69, 9.17) is 28.6 Å². The van der Waals surface area contributed by atoms with E-state index in [0.717, 1.165) is 25.2 Å². The number of thiocarbonyl (C=S) groups is 1. The van der Waals surface area contributed by atoms with E-state index >= 15 is 0 Å². The van der Waals surface area contributed by atoms with Gasteiger partial charge in [0.1, 0.15) is 0 Å². The van der Waals surface area contributed by atoms with Crippen LogP contribution in [0.15, 0.2) is 24.3 Å². The minimum absolute atomic E-state index is 0.657. The monoisotopic (exact) mass is 286 g/mol. The minimum Gasteiger partial charge on any atom is -0.383 e. The first-order valence-electron chi connectivity index (χ1n) is 5.98. The number of hydrogen-bond donors (Lipinski definition) is 1. The molecule has 0 fully saturated rings. The fourth-order valence-electron chi connectivity index (χ4n) is 1.54. The first kappa shape index (κ1) is 15.2. The number of para-hydroxylation sites is 1. The van der Waals surface area contributed by atoms with Crippen LogP contribution in [0.4, 0.5) is 5.69 Å². The van der Waals surface area contributed by atoms with Crippen molar-refractivity contribution in [1.29, 1.82) is 0 Å². The molecule has 0 radical (unpaired) electrons. The largest absolute Gasteiger partial charge is 0.383 e. The summed E-state index contributed by atoms with van der Waals surface area (Å²) in [6, 6.07) is 7.57. The Morgan fingerprint density at radius 1 is 1.39 bits per heavy atom. The van der Waals surface area contributed by atoms with E-state index in [1.165, 1.54) is 0 Å². The third-order valence-corrected chi connectivity index (χ3v) is 3.15. The third-order valence-electron chi connectivity index (χ3n) is 2.46. The number of rotatable bonds is 6. The fourth-order valence-corrected chi connectivity index (χ4v) is 2.02. The van der Waals surface area contributed by atoms with Crippen LogP contribution in [0.1, 0.15) is 13.3 Å². The second kappa shape index (κ2) is 8.29. The Labute approximate surface area is 119 Å². The lowest BCUT2D eigenvalue weighted by atomic mass is 10.3. The van der Waals surface area contributed by atoms with Crippen LogP contribution >= 0.6 is 23.8 Å². The summed E-state index contributed by atoms with van der Waals surface area (Å²) in [6.45, 7) is 4.46. The van der Waals surface area contributed by atoms with Gasteiger partial charge in [0.25, 0.3) is 0 Å². The number of halogens is 1. The lowest BCUT2D eigenvalue weighted by molar-refractivity contribution is 0.177. The van der Waals surface area contributed by atoms with E-state index < -0.39 is 0 Å². The number of anilines is 1. The Morgan fingerprint density at radius 2 is 2.11 bits per heavy atom. The lowest BCUT2D eigenvalue weighted by Gasteiger charge is -2.25. The zero-order chi connectivity index (χ0) is 13.4. The van der Waals surface area contributed by atoms with Crippen LogP contribution in [-0.4, -0.2) is 36.8 Å². The van der Waals surface area contributed by atoms with Crippen LogP contribution in [0.2, 0.25) is 5.02 Å². The van der Waals surface area contributed by atoms with Gasteiger partial charge in [0.2, 0.25) is 0 Å². The molecule has 1 aromatic rings. The Hall–Kier alpha value is -0.840. The van der Waals surface area contributed by atoms with Gasteiger partial charge in [0, 0.05) is 20.2 Å². The zero-order valence-corrected chi connectivity index (χ0v) is 12.4. The van der Waals surface area contributed by atoms with Crippen LogP contribution in [0, 0.1) is 0 Å². The first-order valence-corrected chi connectivity index (χ1v) is 6.77. The molecule has 0 atom stereocenters. The Morgan fingerprint density at radius 3 is 2.72 bits per heavy atom. The van der Waals surface area contributed by atoms with Gasteiger partial charge in [-0.25, -0.2) is 0 Å². The molecule has 0 aliphatic heterocycles. The Bertz CT molecular complexity index is 387. The zero-order valence-electron chi connectivity index (χ0n) is 10.8. The lowest BCUT2D eigenvalue weighted by Crippen LogP contribution is -2.37. The van der Waals surface area contributed by atoms with Gasteiger partial charge in [-0.15, -0.1) is 0 Å². The molecule has 5 heteroatoms. The molecule has 0 bridgehead atoms. The molecule has 100 valence electrons. The van der Waals surface area contributed by atoms with Gasteiger partial charge in [0.05, 0.1) is 17.3 Å². The van der Waals surface area contributed by atoms with Gasteiger partial charge in [-0.1, -0.05) is 30.7 Å². The average Bonchev–Trinajstić information content (AvgIpc) is 2.37. The third kappa shape index (κ3) is 4.80. The molecule has 0 spiro atoms. The van der Waals surface area contributed by atoms with Crippen molar-refractivity contribution in [3.8, 4) is 0 Å². The van der Waals surface area contributed by atoms with E-state index in [1.807, 2.05) is 24.3 Å². The summed E-state index contributed by atoms with van der Waals surface area (Å²) in [5, 5.41) is 4.53. The van der Waals surface area contributed by atoms with Crippen molar-refractivity contribution in [2.45, 2.75) is 13.3 Å². The molecule has 0 saturated heterocycles. The van der Waals surface area contributed by atoms with Crippen LogP contribution < -0.4 is 5.32 Å². The highest BCUT2D eigenvalue weighted by Crippen LogP contribution is 2.20. The van der Waals surface area contributed by atoms with E-state index in [0.29, 0.717) is 16.7 Å². The van der Waals surface area contributed by atoms with Crippen molar-refractivity contribution in [1.82, 2.24) is 4.90 Å². The van der Waals surface area contributed by atoms with Crippen molar-refractivity contribution in [2.75, 3.05) is 32.1 Å². The number of methoxy groups -OCH3 is 1. The fraction of sp³-hybridized carbons (Fsp3) is 0.462. The maximum absolute atomic E-state index is 6.09. The van der Waals surface area contributed by atoms with Crippen LogP contribution in [-0.2, 0) is 4.74 Å². The highest BCUT2D eigenvalue weighted by Gasteiger charge is 2.09. The molecule has 0 aliphatic rings. The molecule has 0 unspecified atom stereocenters. The van der Waals surface area contributed by atoms with E-state index in [-0.39, 0.29) is 0 Å². The smallest absolute Gasteiger partial charge is 0.173 e. The van der Waals surface area contributed by atoms with Crippen molar-refractivity contribution >= 4 is 34.6 Å². The summed E-state index contributed by atoms with van der Waals surface area (Å²) in [5.41, 5.74) is 0.836. The molecular weight excluding hydrogens is 268 g/mol. The van der Waals surface area contributed by atoms with Crippen molar-refractivity contribution in [3.63, 3.8) is 0 Å². The molecule has 0 aliphatic carbocycles. The predicted molar refractivity (Wildman–Crippen MR) is 81.4 cm³/mol.